The molecule has 1 aliphatic rings. The maximum Gasteiger partial charge on any atom is 0.317 e. The molecule has 0 aliphatic heterocycles. The van der Waals surface area contributed by atoms with Crippen molar-refractivity contribution in [2.45, 2.75) is 50.2 Å². The number of nitrogens with zero attached hydrogens (tertiary/aromatic N) is 3. The van der Waals surface area contributed by atoms with E-state index in [0.29, 0.717) is 24.9 Å². The highest BCUT2D eigenvalue weighted by atomic mass is 16.6. The van der Waals surface area contributed by atoms with Crippen molar-refractivity contribution in [1.29, 1.82) is 0 Å². The molecule has 39 heavy (non-hydrogen) atoms. The molecule has 0 saturated heterocycles. The fraction of sp³-hybridized carbons (Fsp3) is 0.560. The van der Waals surface area contributed by atoms with Crippen molar-refractivity contribution < 1.29 is 48.8 Å². The van der Waals surface area contributed by atoms with E-state index in [-0.39, 0.29) is 33.0 Å². The third kappa shape index (κ3) is 10.9. The Morgan fingerprint density at radius 3 is 1.77 bits per heavy atom. The van der Waals surface area contributed by atoms with Crippen molar-refractivity contribution in [2.75, 3.05) is 45.4 Å². The lowest BCUT2D eigenvalue weighted by Crippen LogP contribution is -2.59. The lowest BCUT2D eigenvalue weighted by Gasteiger charge is -2.45. The first-order valence-electron chi connectivity index (χ1n) is 12.5. The van der Waals surface area contributed by atoms with Crippen molar-refractivity contribution in [3.63, 3.8) is 0 Å². The zero-order chi connectivity index (χ0) is 28.8. The first-order chi connectivity index (χ1) is 18.6. The molecule has 3 atom stereocenters. The number of nitrogen functional groups attached to an aromatic ring is 1. The number of carboxylic acids is 3. The van der Waals surface area contributed by atoms with Crippen LogP contribution in [0.5, 0.6) is 0 Å². The van der Waals surface area contributed by atoms with E-state index in [1.165, 1.54) is 4.90 Å². The summed E-state index contributed by atoms with van der Waals surface area (Å²) in [6.45, 7) is -1.29. The number of aliphatic carboxylic acids is 3. The van der Waals surface area contributed by atoms with Crippen LogP contribution in [0.3, 0.4) is 0 Å². The van der Waals surface area contributed by atoms with Crippen LogP contribution >= 0.6 is 0 Å². The molecule has 216 valence electrons. The Morgan fingerprint density at radius 2 is 1.31 bits per heavy atom. The van der Waals surface area contributed by atoms with E-state index in [1.54, 1.807) is 34.1 Å². The van der Waals surface area contributed by atoms with Gasteiger partial charge < -0.3 is 30.5 Å². The molecule has 0 amide bonds. The Hall–Kier alpha value is -3.75. The Bertz CT molecular complexity index is 933. The van der Waals surface area contributed by atoms with Crippen LogP contribution in [0.15, 0.2) is 24.3 Å². The maximum atomic E-state index is 12.0. The largest absolute Gasteiger partial charge is 0.480 e. The van der Waals surface area contributed by atoms with Gasteiger partial charge in [-0.2, -0.15) is 0 Å². The predicted molar refractivity (Wildman–Crippen MR) is 136 cm³/mol. The molecule has 5 N–H and O–H groups in total. The van der Waals surface area contributed by atoms with Crippen LogP contribution in [0.25, 0.3) is 0 Å². The van der Waals surface area contributed by atoms with Gasteiger partial charge in [-0.25, -0.2) is 4.90 Å². The molecule has 3 unspecified atom stereocenters. The van der Waals surface area contributed by atoms with E-state index in [0.717, 1.165) is 18.4 Å². The number of ether oxygens (including phenoxy) is 2. The summed E-state index contributed by atoms with van der Waals surface area (Å²) in [5, 5.41) is 28.6. The van der Waals surface area contributed by atoms with Crippen molar-refractivity contribution in [1.82, 2.24) is 14.7 Å². The third-order valence-corrected chi connectivity index (χ3v) is 6.68. The zero-order valence-electron chi connectivity index (χ0n) is 21.6. The molecule has 0 spiro atoms. The number of hydrogen-bond donors (Lipinski definition) is 4. The van der Waals surface area contributed by atoms with Gasteiger partial charge in [-0.15, -0.1) is 0 Å². The van der Waals surface area contributed by atoms with Gasteiger partial charge in [-0.1, -0.05) is 25.0 Å². The van der Waals surface area contributed by atoms with Gasteiger partial charge in [0.1, 0.15) is 13.5 Å². The van der Waals surface area contributed by atoms with Crippen molar-refractivity contribution in [3.8, 4) is 0 Å². The number of nitrogens with two attached hydrogens (primary N) is 1. The molecule has 1 aromatic rings. The van der Waals surface area contributed by atoms with Gasteiger partial charge in [0.15, 0.2) is 0 Å². The van der Waals surface area contributed by atoms with Crippen LogP contribution in [0.2, 0.25) is 0 Å². The third-order valence-electron chi connectivity index (χ3n) is 6.68. The Balaban J connectivity index is 2.45. The van der Waals surface area contributed by atoms with Gasteiger partial charge in [0.2, 0.25) is 0 Å². The minimum atomic E-state index is -1.19. The second-order valence-corrected chi connectivity index (χ2v) is 9.41. The molecule has 0 radical (unpaired) electrons. The predicted octanol–water partition coefficient (Wildman–Crippen LogP) is -0.0881. The number of benzene rings is 1. The minimum absolute atomic E-state index is 0.107. The second-order valence-electron chi connectivity index (χ2n) is 9.41. The van der Waals surface area contributed by atoms with E-state index < -0.39 is 55.7 Å². The summed E-state index contributed by atoms with van der Waals surface area (Å²) in [5.41, 5.74) is 7.19. The first kappa shape index (κ1) is 31.5. The monoisotopic (exact) mass is 552 g/mol. The van der Waals surface area contributed by atoms with Crippen LogP contribution < -0.4 is 5.73 Å². The number of rotatable bonds is 19. The fourth-order valence-electron chi connectivity index (χ4n) is 5.08. The number of carboxylic acid groups (broad SMARTS) is 3. The highest BCUT2D eigenvalue weighted by Gasteiger charge is 2.38. The molecule has 14 nitrogen and oxygen atoms in total. The average Bonchev–Trinajstić information content (AvgIpc) is 2.88. The Kier molecular flexibility index (Phi) is 13.1. The van der Waals surface area contributed by atoms with Crippen LogP contribution in [-0.4, -0.2) is 119 Å². The highest BCUT2D eigenvalue weighted by molar-refractivity contribution is 5.72. The van der Waals surface area contributed by atoms with Crippen LogP contribution in [-0.2, 0) is 39.9 Å². The summed E-state index contributed by atoms with van der Waals surface area (Å²) in [6.07, 6.45) is 2.85. The molecule has 1 aromatic carbocycles. The molecule has 0 bridgehead atoms. The molecular formula is C25H36N4O10. The van der Waals surface area contributed by atoms with E-state index in [4.69, 9.17) is 15.2 Å². The normalized spacial score (nSPS) is 18.0. The molecule has 2 rings (SSSR count). The number of hydrogen-bond acceptors (Lipinski definition) is 11. The summed E-state index contributed by atoms with van der Waals surface area (Å²) >= 11 is 0. The number of anilines is 1. The lowest BCUT2D eigenvalue weighted by molar-refractivity contribution is -0.149. The van der Waals surface area contributed by atoms with E-state index in [1.807, 2.05) is 0 Å². The van der Waals surface area contributed by atoms with Gasteiger partial charge >= 0.3 is 17.9 Å². The van der Waals surface area contributed by atoms with E-state index in [9.17, 15) is 39.3 Å². The summed E-state index contributed by atoms with van der Waals surface area (Å²) in [4.78, 5) is 61.6. The summed E-state index contributed by atoms with van der Waals surface area (Å²) in [5.74, 6) is -3.49. The summed E-state index contributed by atoms with van der Waals surface area (Å²) < 4.78 is 9.88. The summed E-state index contributed by atoms with van der Waals surface area (Å²) in [7, 11) is 0. The first-order valence-corrected chi connectivity index (χ1v) is 12.5. The quantitative estimate of drug-likeness (QED) is 0.101. The topological polar surface area (TPSA) is 200 Å². The molecule has 1 saturated carbocycles. The molecule has 14 heteroatoms. The van der Waals surface area contributed by atoms with E-state index >= 15 is 0 Å². The van der Waals surface area contributed by atoms with Gasteiger partial charge in [-0.05, 0) is 37.0 Å². The van der Waals surface area contributed by atoms with Crippen LogP contribution in [0, 0.1) is 0 Å². The number of carbonyl (C=O) groups is 5. The lowest BCUT2D eigenvalue weighted by atomic mass is 9.87. The zero-order valence-corrected chi connectivity index (χ0v) is 21.6. The highest BCUT2D eigenvalue weighted by Crippen LogP contribution is 2.28. The Morgan fingerprint density at radius 1 is 0.846 bits per heavy atom. The molecule has 1 fully saturated rings. The smallest absolute Gasteiger partial charge is 0.317 e. The number of carbonyl (C=O) groups excluding carboxylic acids is 2. The standard InChI is InChI=1S/C25H36N4O10/c26-19-7-5-18(6-8-19)9-20(29(14-38-16-30)15-39-17-31)10-27(11-23(32)33)21-3-1-2-4-22(21)28(12-24(34)35)13-25(36)37/h5-8,16-17,20-22H,1-4,9-15,26H2,(H,32,33)(H,34,35)(H,36,37). The van der Waals surface area contributed by atoms with Crippen LogP contribution in [0.4, 0.5) is 5.69 Å². The van der Waals surface area contributed by atoms with Crippen molar-refractivity contribution >= 4 is 36.5 Å². The van der Waals surface area contributed by atoms with Crippen LogP contribution in [0.1, 0.15) is 31.2 Å². The molecule has 0 heterocycles. The molecule has 0 aromatic heterocycles. The maximum absolute atomic E-state index is 12.0. The summed E-state index contributed by atoms with van der Waals surface area (Å²) in [6, 6.07) is 5.51. The van der Waals surface area contributed by atoms with Gasteiger partial charge in [0.25, 0.3) is 12.9 Å². The Labute approximate surface area is 225 Å². The SMILES string of the molecule is Nc1ccc(CC(CN(CC(=O)O)C2CCCCC2N(CC(=O)O)CC(=O)O)N(COC=O)COC=O)cc1. The van der Waals surface area contributed by atoms with Crippen molar-refractivity contribution in [2.24, 2.45) is 0 Å². The minimum Gasteiger partial charge on any atom is -0.480 e. The van der Waals surface area contributed by atoms with Gasteiger partial charge in [0.05, 0.1) is 19.6 Å². The average molecular weight is 553 g/mol. The van der Waals surface area contributed by atoms with Crippen molar-refractivity contribution in [3.05, 3.63) is 29.8 Å². The molecule has 1 aliphatic carbocycles. The van der Waals surface area contributed by atoms with Gasteiger partial charge in [-0.3, -0.25) is 33.8 Å². The fourth-order valence-corrected chi connectivity index (χ4v) is 5.08. The van der Waals surface area contributed by atoms with Gasteiger partial charge in [0, 0.05) is 30.4 Å². The van der Waals surface area contributed by atoms with E-state index in [2.05, 4.69) is 0 Å². The molecular weight excluding hydrogens is 516 g/mol. The second kappa shape index (κ2) is 16.3.